The molecule has 0 saturated heterocycles. The summed E-state index contributed by atoms with van der Waals surface area (Å²) in [4.78, 5) is 0. The van der Waals surface area contributed by atoms with Crippen LogP contribution in [0.4, 0.5) is 0 Å². The molecule has 8 aromatic carbocycles. The first kappa shape index (κ1) is 26.5. The minimum Gasteiger partial charge on any atom is -0.464 e. The molecule has 0 radical (unpaired) electrons. The van der Waals surface area contributed by atoms with Crippen LogP contribution in [0.1, 0.15) is 0 Å². The summed E-state index contributed by atoms with van der Waals surface area (Å²) in [5.41, 5.74) is 10.4. The van der Waals surface area contributed by atoms with E-state index in [1.54, 1.807) is 6.26 Å². The van der Waals surface area contributed by atoms with Crippen molar-refractivity contribution in [3.63, 3.8) is 0 Å². The SMILES string of the molecule is c1ccc(-n2c3ccccc3c3cc(-c4cc5cc6occc6cc5c5cc6c7ccccc7n(-c7ccccc7)c6cc45)ccc32)cc1. The van der Waals surface area contributed by atoms with Crippen molar-refractivity contribution in [2.45, 2.75) is 0 Å². The number of para-hydroxylation sites is 4. The molecule has 49 heavy (non-hydrogen) atoms. The van der Waals surface area contributed by atoms with Crippen LogP contribution in [0, 0.1) is 0 Å². The van der Waals surface area contributed by atoms with Crippen molar-refractivity contribution in [1.82, 2.24) is 9.13 Å². The molecule has 0 atom stereocenters. The Balaban J connectivity index is 1.28. The van der Waals surface area contributed by atoms with Crippen LogP contribution in [0.15, 0.2) is 174 Å². The summed E-state index contributed by atoms with van der Waals surface area (Å²) in [6.07, 6.45) is 1.79. The molecule has 0 amide bonds. The smallest absolute Gasteiger partial charge is 0.134 e. The van der Waals surface area contributed by atoms with Crippen LogP contribution in [-0.4, -0.2) is 9.13 Å². The fourth-order valence-electron chi connectivity index (χ4n) is 8.16. The number of furan rings is 1. The van der Waals surface area contributed by atoms with Gasteiger partial charge in [0.15, 0.2) is 0 Å². The lowest BCUT2D eigenvalue weighted by Gasteiger charge is -2.14. The molecule has 0 N–H and O–H groups in total. The standard InChI is InChI=1S/C46H28N2O/c1-3-11-32(12-4-1)47-42-17-9-7-15-34(42)40-23-29(19-20-44(40)47)36-25-31-26-46-30(21-22-49-46)24-37(31)38-27-41-35-16-8-10-18-43(35)48(45(41)28-39(36)38)33-13-5-2-6-14-33/h1-28H. The zero-order chi connectivity index (χ0) is 32.1. The molecule has 0 spiro atoms. The van der Waals surface area contributed by atoms with E-state index in [1.165, 1.54) is 76.3 Å². The third-order valence-electron chi connectivity index (χ3n) is 10.3. The number of fused-ring (bicyclic) bond motifs is 10. The molecule has 3 heterocycles. The van der Waals surface area contributed by atoms with Gasteiger partial charge in [-0.15, -0.1) is 0 Å². The summed E-state index contributed by atoms with van der Waals surface area (Å²) < 4.78 is 10.7. The van der Waals surface area contributed by atoms with Crippen LogP contribution in [0.3, 0.4) is 0 Å². The average Bonchev–Trinajstić information content (AvgIpc) is 3.85. The van der Waals surface area contributed by atoms with E-state index in [9.17, 15) is 0 Å². The maximum absolute atomic E-state index is 5.91. The van der Waals surface area contributed by atoms with Crippen LogP contribution < -0.4 is 0 Å². The van der Waals surface area contributed by atoms with Gasteiger partial charge in [0.25, 0.3) is 0 Å². The summed E-state index contributed by atoms with van der Waals surface area (Å²) in [5.74, 6) is 0. The van der Waals surface area contributed by atoms with Gasteiger partial charge in [0.05, 0.1) is 28.3 Å². The quantitative estimate of drug-likeness (QED) is 0.179. The number of hydrogen-bond donors (Lipinski definition) is 0. The highest BCUT2D eigenvalue weighted by molar-refractivity contribution is 6.23. The van der Waals surface area contributed by atoms with Crippen molar-refractivity contribution in [3.8, 4) is 22.5 Å². The van der Waals surface area contributed by atoms with Gasteiger partial charge in [-0.05, 0) is 118 Å². The summed E-state index contributed by atoms with van der Waals surface area (Å²) in [7, 11) is 0. The van der Waals surface area contributed by atoms with Gasteiger partial charge >= 0.3 is 0 Å². The third kappa shape index (κ3) is 3.78. The highest BCUT2D eigenvalue weighted by Crippen LogP contribution is 2.43. The van der Waals surface area contributed by atoms with Gasteiger partial charge in [0.2, 0.25) is 0 Å². The number of aromatic nitrogens is 2. The molecule has 0 aliphatic heterocycles. The lowest BCUT2D eigenvalue weighted by molar-refractivity contribution is 0.616. The second-order valence-corrected chi connectivity index (χ2v) is 13.0. The number of rotatable bonds is 3. The number of hydrogen-bond acceptors (Lipinski definition) is 1. The summed E-state index contributed by atoms with van der Waals surface area (Å²) in [6.45, 7) is 0. The topological polar surface area (TPSA) is 23.0 Å². The zero-order valence-electron chi connectivity index (χ0n) is 26.5. The molecule has 0 aliphatic rings. The van der Waals surface area contributed by atoms with Gasteiger partial charge in [-0.25, -0.2) is 0 Å². The lowest BCUT2D eigenvalue weighted by atomic mass is 9.91. The Morgan fingerprint density at radius 3 is 1.67 bits per heavy atom. The molecule has 0 saturated carbocycles. The molecule has 11 rings (SSSR count). The first-order valence-corrected chi connectivity index (χ1v) is 16.8. The molecule has 3 aromatic heterocycles. The van der Waals surface area contributed by atoms with Crippen molar-refractivity contribution in [3.05, 3.63) is 170 Å². The summed E-state index contributed by atoms with van der Waals surface area (Å²) >= 11 is 0. The van der Waals surface area contributed by atoms with Crippen LogP contribution in [0.5, 0.6) is 0 Å². The van der Waals surface area contributed by atoms with E-state index in [-0.39, 0.29) is 0 Å². The highest BCUT2D eigenvalue weighted by atomic mass is 16.3. The van der Waals surface area contributed by atoms with Crippen LogP contribution in [0.25, 0.3) is 98.6 Å². The van der Waals surface area contributed by atoms with Crippen molar-refractivity contribution in [2.24, 2.45) is 0 Å². The second kappa shape index (κ2) is 9.96. The van der Waals surface area contributed by atoms with E-state index in [0.29, 0.717) is 0 Å². The van der Waals surface area contributed by atoms with E-state index in [0.717, 1.165) is 22.3 Å². The minimum atomic E-state index is 0.904. The predicted octanol–water partition coefficient (Wildman–Crippen LogP) is 12.6. The molecular weight excluding hydrogens is 597 g/mol. The predicted molar refractivity (Wildman–Crippen MR) is 205 cm³/mol. The maximum atomic E-state index is 5.91. The van der Waals surface area contributed by atoms with Gasteiger partial charge in [0, 0.05) is 38.3 Å². The normalized spacial score (nSPS) is 12.1. The Morgan fingerprint density at radius 1 is 0.347 bits per heavy atom. The van der Waals surface area contributed by atoms with Crippen LogP contribution >= 0.6 is 0 Å². The molecule has 3 heteroatoms. The van der Waals surface area contributed by atoms with Gasteiger partial charge < -0.3 is 13.6 Å². The monoisotopic (exact) mass is 624 g/mol. The Labute approximate surface area is 281 Å². The van der Waals surface area contributed by atoms with E-state index >= 15 is 0 Å². The van der Waals surface area contributed by atoms with Crippen molar-refractivity contribution < 1.29 is 4.42 Å². The zero-order valence-corrected chi connectivity index (χ0v) is 26.5. The van der Waals surface area contributed by atoms with Crippen molar-refractivity contribution >= 4 is 76.1 Å². The summed E-state index contributed by atoms with van der Waals surface area (Å²) in [6, 6.07) is 59.6. The van der Waals surface area contributed by atoms with Crippen LogP contribution in [-0.2, 0) is 0 Å². The maximum Gasteiger partial charge on any atom is 0.134 e. The van der Waals surface area contributed by atoms with Gasteiger partial charge in [0.1, 0.15) is 5.58 Å². The van der Waals surface area contributed by atoms with Crippen LogP contribution in [0.2, 0.25) is 0 Å². The lowest BCUT2D eigenvalue weighted by Crippen LogP contribution is -1.94. The Bertz CT molecular complexity index is 3090. The number of nitrogens with zero attached hydrogens (tertiary/aromatic N) is 2. The minimum absolute atomic E-state index is 0.904. The van der Waals surface area contributed by atoms with Gasteiger partial charge in [-0.2, -0.15) is 0 Å². The van der Waals surface area contributed by atoms with E-state index in [1.807, 2.05) is 0 Å². The Kier molecular flexibility index (Phi) is 5.38. The van der Waals surface area contributed by atoms with E-state index < -0.39 is 0 Å². The number of benzene rings is 8. The fraction of sp³-hybridized carbons (Fsp3) is 0. The molecule has 11 aromatic rings. The van der Waals surface area contributed by atoms with Gasteiger partial charge in [-0.3, -0.25) is 0 Å². The largest absolute Gasteiger partial charge is 0.464 e. The average molecular weight is 625 g/mol. The third-order valence-corrected chi connectivity index (χ3v) is 10.3. The van der Waals surface area contributed by atoms with Crippen molar-refractivity contribution in [1.29, 1.82) is 0 Å². The molecule has 0 unspecified atom stereocenters. The Hall–Kier alpha value is -6.58. The molecule has 3 nitrogen and oxygen atoms in total. The molecule has 0 fully saturated rings. The van der Waals surface area contributed by atoms with E-state index in [2.05, 4.69) is 173 Å². The van der Waals surface area contributed by atoms with Crippen molar-refractivity contribution in [2.75, 3.05) is 0 Å². The Morgan fingerprint density at radius 2 is 0.959 bits per heavy atom. The first-order valence-electron chi connectivity index (χ1n) is 16.8. The van der Waals surface area contributed by atoms with E-state index in [4.69, 9.17) is 4.42 Å². The summed E-state index contributed by atoms with van der Waals surface area (Å²) in [5, 5.41) is 11.0. The molecule has 228 valence electrons. The fourth-order valence-corrected chi connectivity index (χ4v) is 8.16. The first-order chi connectivity index (χ1) is 24.3. The second-order valence-electron chi connectivity index (χ2n) is 13.0. The van der Waals surface area contributed by atoms with Gasteiger partial charge in [-0.1, -0.05) is 78.9 Å². The highest BCUT2D eigenvalue weighted by Gasteiger charge is 2.19. The molecular formula is C46H28N2O. The molecule has 0 aliphatic carbocycles. The molecule has 0 bridgehead atoms.